The van der Waals surface area contributed by atoms with Gasteiger partial charge in [0, 0.05) is 25.4 Å². The summed E-state index contributed by atoms with van der Waals surface area (Å²) in [6, 6.07) is 6.44. The van der Waals surface area contributed by atoms with E-state index in [4.69, 9.17) is 0 Å². The van der Waals surface area contributed by atoms with Gasteiger partial charge in [0.2, 0.25) is 5.91 Å². The van der Waals surface area contributed by atoms with Crippen LogP contribution in [0, 0.1) is 4.91 Å². The monoisotopic (exact) mass is 343 g/mol. The Labute approximate surface area is 145 Å². The minimum absolute atomic E-state index is 0.139. The van der Waals surface area contributed by atoms with Crippen molar-refractivity contribution in [1.29, 1.82) is 0 Å². The maximum atomic E-state index is 12.4. The predicted molar refractivity (Wildman–Crippen MR) is 94.4 cm³/mol. The fraction of sp³-hybridized carbons (Fsp3) is 0.353. The van der Waals surface area contributed by atoms with Gasteiger partial charge in [-0.15, -0.1) is 0 Å². The second-order valence-electron chi connectivity index (χ2n) is 5.57. The summed E-state index contributed by atoms with van der Waals surface area (Å²) in [6.45, 7) is 5.72. The van der Waals surface area contributed by atoms with Crippen LogP contribution in [-0.4, -0.2) is 28.0 Å². The number of hydrogen-bond acceptors (Lipinski definition) is 5. The number of amides is 2. The maximum absolute atomic E-state index is 12.4. The number of urea groups is 1. The molecule has 0 saturated heterocycles. The largest absolute Gasteiger partial charge is 0.332 e. The number of anilines is 1. The highest BCUT2D eigenvalue weighted by Gasteiger charge is 2.15. The van der Waals surface area contributed by atoms with Crippen LogP contribution in [0.15, 0.2) is 42.0 Å². The highest BCUT2D eigenvalue weighted by atomic mass is 16.3. The third-order valence-electron chi connectivity index (χ3n) is 3.83. The Bertz CT molecular complexity index is 754. The van der Waals surface area contributed by atoms with Gasteiger partial charge in [-0.2, -0.15) is 4.91 Å². The molecule has 0 radical (unpaired) electrons. The molecule has 1 unspecified atom stereocenters. The summed E-state index contributed by atoms with van der Waals surface area (Å²) in [5.41, 5.74) is 2.11. The molecule has 2 rings (SSSR count). The molecule has 2 amide bonds. The summed E-state index contributed by atoms with van der Waals surface area (Å²) < 4.78 is 1.36. The van der Waals surface area contributed by atoms with Crippen LogP contribution in [0.2, 0.25) is 0 Å². The summed E-state index contributed by atoms with van der Waals surface area (Å²) in [5, 5.41) is 5.77. The molecule has 0 aliphatic carbocycles. The van der Waals surface area contributed by atoms with Crippen molar-refractivity contribution in [2.45, 2.75) is 33.4 Å². The second-order valence-corrected chi connectivity index (χ2v) is 5.57. The number of hydrogen-bond donors (Lipinski definition) is 1. The summed E-state index contributed by atoms with van der Waals surface area (Å²) >= 11 is 0. The molecule has 0 saturated carbocycles. The highest BCUT2D eigenvalue weighted by Crippen LogP contribution is 2.21. The number of imidazole rings is 1. The standard InChI is InChI=1S/C17H21N5O3/c1-4-22(16-7-5-14(6-8-16)12(2)20-25)17(24)18-9-15-10-21(11-19-15)13(3)23/h5-8,10-12H,4,9H2,1-3H3,(H,18,24). The zero-order valence-electron chi connectivity index (χ0n) is 14.5. The van der Waals surface area contributed by atoms with E-state index in [2.05, 4.69) is 15.5 Å². The van der Waals surface area contributed by atoms with Crippen molar-refractivity contribution in [3.8, 4) is 0 Å². The fourth-order valence-corrected chi connectivity index (χ4v) is 2.33. The first-order valence-corrected chi connectivity index (χ1v) is 7.97. The normalized spacial score (nSPS) is 11.6. The number of benzene rings is 1. The zero-order chi connectivity index (χ0) is 18.4. The topological polar surface area (TPSA) is 96.7 Å². The van der Waals surface area contributed by atoms with Gasteiger partial charge < -0.3 is 5.32 Å². The molecular weight excluding hydrogens is 322 g/mol. The number of nitroso groups, excluding NO2 is 1. The molecule has 1 heterocycles. The first kappa shape index (κ1) is 18.3. The molecule has 8 nitrogen and oxygen atoms in total. The van der Waals surface area contributed by atoms with Crippen LogP contribution >= 0.6 is 0 Å². The summed E-state index contributed by atoms with van der Waals surface area (Å²) in [5.74, 6) is -0.139. The lowest BCUT2D eigenvalue weighted by Crippen LogP contribution is -2.39. The fourth-order valence-electron chi connectivity index (χ4n) is 2.33. The number of carbonyl (C=O) groups is 2. The highest BCUT2D eigenvalue weighted by molar-refractivity contribution is 5.91. The van der Waals surface area contributed by atoms with Crippen LogP contribution in [0.4, 0.5) is 10.5 Å². The maximum Gasteiger partial charge on any atom is 0.322 e. The number of carbonyl (C=O) groups excluding carboxylic acids is 2. The van der Waals surface area contributed by atoms with Crippen LogP contribution in [0.1, 0.15) is 42.9 Å². The van der Waals surface area contributed by atoms with Gasteiger partial charge in [-0.3, -0.25) is 14.3 Å². The Morgan fingerprint density at radius 2 is 2.00 bits per heavy atom. The number of rotatable bonds is 6. The number of aromatic nitrogens is 2. The lowest BCUT2D eigenvalue weighted by molar-refractivity contribution is 0.0936. The molecule has 2 aromatic rings. The first-order chi connectivity index (χ1) is 12.0. The molecule has 8 heteroatoms. The molecule has 0 spiro atoms. The summed E-state index contributed by atoms with van der Waals surface area (Å²) in [6.07, 6.45) is 3.00. The Hall–Kier alpha value is -3.03. The van der Waals surface area contributed by atoms with E-state index in [0.717, 1.165) is 11.3 Å². The van der Waals surface area contributed by atoms with E-state index in [1.54, 1.807) is 42.3 Å². The molecule has 1 atom stereocenters. The van der Waals surface area contributed by atoms with E-state index in [1.165, 1.54) is 17.8 Å². The molecule has 132 valence electrons. The van der Waals surface area contributed by atoms with Crippen molar-refractivity contribution < 1.29 is 9.59 Å². The van der Waals surface area contributed by atoms with Gasteiger partial charge >= 0.3 is 6.03 Å². The molecule has 1 aromatic heterocycles. The molecular formula is C17H21N5O3. The molecule has 25 heavy (non-hydrogen) atoms. The van der Waals surface area contributed by atoms with Crippen LogP contribution in [0.3, 0.4) is 0 Å². The van der Waals surface area contributed by atoms with Crippen molar-refractivity contribution in [3.05, 3.63) is 53.0 Å². The molecule has 0 aliphatic rings. The molecule has 0 fully saturated rings. The molecule has 0 aliphatic heterocycles. The molecule has 1 aromatic carbocycles. The van der Waals surface area contributed by atoms with Crippen LogP contribution in [-0.2, 0) is 6.54 Å². The number of nitrogens with one attached hydrogen (secondary N) is 1. The predicted octanol–water partition coefficient (Wildman–Crippen LogP) is 3.11. The van der Waals surface area contributed by atoms with Gasteiger partial charge in [0.05, 0.1) is 12.2 Å². The van der Waals surface area contributed by atoms with Gasteiger partial charge in [0.15, 0.2) is 0 Å². The Morgan fingerprint density at radius 1 is 1.32 bits per heavy atom. The van der Waals surface area contributed by atoms with Gasteiger partial charge in [-0.1, -0.05) is 17.3 Å². The quantitative estimate of drug-likeness (QED) is 0.815. The Kier molecular flexibility index (Phi) is 5.99. The van der Waals surface area contributed by atoms with E-state index in [1.807, 2.05) is 6.92 Å². The zero-order valence-corrected chi connectivity index (χ0v) is 14.5. The van der Waals surface area contributed by atoms with Gasteiger partial charge in [-0.05, 0) is 31.5 Å². The second kappa shape index (κ2) is 8.18. The third-order valence-corrected chi connectivity index (χ3v) is 3.83. The van der Waals surface area contributed by atoms with Crippen LogP contribution < -0.4 is 10.2 Å². The van der Waals surface area contributed by atoms with E-state index in [0.29, 0.717) is 12.2 Å². The third kappa shape index (κ3) is 4.50. The smallest absolute Gasteiger partial charge is 0.322 e. The van der Waals surface area contributed by atoms with E-state index in [9.17, 15) is 14.5 Å². The Balaban J connectivity index is 2.02. The van der Waals surface area contributed by atoms with Gasteiger partial charge in [0.1, 0.15) is 12.4 Å². The van der Waals surface area contributed by atoms with Crippen LogP contribution in [0.25, 0.3) is 0 Å². The lowest BCUT2D eigenvalue weighted by atomic mass is 10.1. The lowest BCUT2D eigenvalue weighted by Gasteiger charge is -2.21. The minimum atomic E-state index is -0.422. The van der Waals surface area contributed by atoms with Gasteiger partial charge in [-0.25, -0.2) is 9.78 Å². The Morgan fingerprint density at radius 3 is 2.52 bits per heavy atom. The minimum Gasteiger partial charge on any atom is -0.332 e. The molecule has 1 N–H and O–H groups in total. The number of nitrogens with zero attached hydrogens (tertiary/aromatic N) is 4. The summed E-state index contributed by atoms with van der Waals surface area (Å²) in [4.78, 5) is 39.9. The van der Waals surface area contributed by atoms with Crippen molar-refractivity contribution in [2.75, 3.05) is 11.4 Å². The van der Waals surface area contributed by atoms with E-state index < -0.39 is 6.04 Å². The van der Waals surface area contributed by atoms with Crippen molar-refractivity contribution in [3.63, 3.8) is 0 Å². The first-order valence-electron chi connectivity index (χ1n) is 7.97. The van der Waals surface area contributed by atoms with E-state index >= 15 is 0 Å². The van der Waals surface area contributed by atoms with Crippen LogP contribution in [0.5, 0.6) is 0 Å². The average molecular weight is 343 g/mol. The van der Waals surface area contributed by atoms with Crippen molar-refractivity contribution in [2.24, 2.45) is 5.18 Å². The average Bonchev–Trinajstić information content (AvgIpc) is 3.10. The molecule has 0 bridgehead atoms. The van der Waals surface area contributed by atoms with Crippen molar-refractivity contribution in [1.82, 2.24) is 14.9 Å². The SMILES string of the molecule is CCN(C(=O)NCc1cn(C(C)=O)cn1)c1ccc(C(C)N=O)cc1. The summed E-state index contributed by atoms with van der Waals surface area (Å²) in [7, 11) is 0. The van der Waals surface area contributed by atoms with E-state index in [-0.39, 0.29) is 18.5 Å². The van der Waals surface area contributed by atoms with Gasteiger partial charge in [0.25, 0.3) is 0 Å². The van der Waals surface area contributed by atoms with Crippen molar-refractivity contribution >= 4 is 17.6 Å².